The standard InChI is InChI=1S/C15H25NOS/c1-11(2)12-6-7-14(16-3)15(9-12)18-10-13-5-4-8-17-13/h4-5,8,11-12,14-16H,6-7,9-10H2,1-3H3. The molecule has 0 aromatic carbocycles. The molecule has 1 fully saturated rings. The van der Waals surface area contributed by atoms with Crippen LogP contribution >= 0.6 is 11.8 Å². The Balaban J connectivity index is 1.89. The van der Waals surface area contributed by atoms with Gasteiger partial charge in [0.05, 0.1) is 12.0 Å². The predicted octanol–water partition coefficient (Wildman–Crippen LogP) is 3.93. The molecule has 1 N–H and O–H groups in total. The van der Waals surface area contributed by atoms with Crippen LogP contribution in [0.4, 0.5) is 0 Å². The van der Waals surface area contributed by atoms with Crippen LogP contribution in [0.1, 0.15) is 38.9 Å². The van der Waals surface area contributed by atoms with Crippen LogP contribution in [-0.2, 0) is 5.75 Å². The van der Waals surface area contributed by atoms with Gasteiger partial charge in [-0.25, -0.2) is 0 Å². The van der Waals surface area contributed by atoms with Crippen molar-refractivity contribution < 1.29 is 4.42 Å². The number of thioether (sulfide) groups is 1. The van der Waals surface area contributed by atoms with Crippen LogP contribution in [0.25, 0.3) is 0 Å². The highest BCUT2D eigenvalue weighted by Crippen LogP contribution is 2.37. The van der Waals surface area contributed by atoms with Gasteiger partial charge in [0, 0.05) is 11.3 Å². The molecule has 2 nitrogen and oxygen atoms in total. The zero-order valence-corrected chi connectivity index (χ0v) is 12.5. The Morgan fingerprint density at radius 3 is 2.89 bits per heavy atom. The molecule has 1 aromatic rings. The summed E-state index contributed by atoms with van der Waals surface area (Å²) in [7, 11) is 2.10. The van der Waals surface area contributed by atoms with Crippen molar-refractivity contribution in [1.82, 2.24) is 5.32 Å². The Hall–Kier alpha value is -0.410. The van der Waals surface area contributed by atoms with Crippen LogP contribution in [0, 0.1) is 11.8 Å². The van der Waals surface area contributed by atoms with Crippen LogP contribution < -0.4 is 5.32 Å². The van der Waals surface area contributed by atoms with Crippen LogP contribution in [0.5, 0.6) is 0 Å². The lowest BCUT2D eigenvalue weighted by molar-refractivity contribution is 0.251. The molecule has 1 aromatic heterocycles. The van der Waals surface area contributed by atoms with Gasteiger partial charge in [-0.1, -0.05) is 13.8 Å². The topological polar surface area (TPSA) is 25.2 Å². The molecule has 1 aliphatic rings. The van der Waals surface area contributed by atoms with E-state index in [4.69, 9.17) is 4.42 Å². The second-order valence-corrected chi connectivity index (χ2v) is 6.87. The third kappa shape index (κ3) is 3.55. The van der Waals surface area contributed by atoms with Crippen molar-refractivity contribution in [3.8, 4) is 0 Å². The Kier molecular flexibility index (Phi) is 5.19. The molecule has 2 rings (SSSR count). The van der Waals surface area contributed by atoms with Gasteiger partial charge in [-0.3, -0.25) is 0 Å². The fourth-order valence-electron chi connectivity index (χ4n) is 2.86. The second-order valence-electron chi connectivity index (χ2n) is 5.64. The summed E-state index contributed by atoms with van der Waals surface area (Å²) in [6.07, 6.45) is 5.80. The summed E-state index contributed by atoms with van der Waals surface area (Å²) in [4.78, 5) is 0. The number of rotatable bonds is 5. The molecular weight excluding hydrogens is 242 g/mol. The Labute approximate surface area is 115 Å². The van der Waals surface area contributed by atoms with Crippen LogP contribution in [0.15, 0.2) is 22.8 Å². The first-order valence-electron chi connectivity index (χ1n) is 7.02. The van der Waals surface area contributed by atoms with Gasteiger partial charge in [0.2, 0.25) is 0 Å². The average Bonchev–Trinajstić information content (AvgIpc) is 2.89. The van der Waals surface area contributed by atoms with Crippen molar-refractivity contribution >= 4 is 11.8 Å². The van der Waals surface area contributed by atoms with Gasteiger partial charge in [-0.15, -0.1) is 11.8 Å². The van der Waals surface area contributed by atoms with Crippen molar-refractivity contribution in [3.63, 3.8) is 0 Å². The van der Waals surface area contributed by atoms with E-state index in [1.54, 1.807) is 6.26 Å². The predicted molar refractivity (Wildman–Crippen MR) is 78.8 cm³/mol. The molecule has 3 heteroatoms. The van der Waals surface area contributed by atoms with Crippen molar-refractivity contribution in [2.45, 2.75) is 50.2 Å². The molecule has 0 bridgehead atoms. The van der Waals surface area contributed by atoms with Gasteiger partial charge >= 0.3 is 0 Å². The van der Waals surface area contributed by atoms with E-state index in [0.717, 1.165) is 28.6 Å². The highest BCUT2D eigenvalue weighted by atomic mass is 32.2. The summed E-state index contributed by atoms with van der Waals surface area (Å²) < 4.78 is 5.43. The molecule has 1 saturated carbocycles. The van der Waals surface area contributed by atoms with E-state index in [2.05, 4.69) is 44.0 Å². The normalized spacial score (nSPS) is 28.8. The van der Waals surface area contributed by atoms with Crippen molar-refractivity contribution in [1.29, 1.82) is 0 Å². The smallest absolute Gasteiger partial charge is 0.113 e. The Bertz CT molecular complexity index is 336. The SMILES string of the molecule is CNC1CCC(C(C)C)CC1SCc1ccco1. The molecule has 1 aliphatic carbocycles. The van der Waals surface area contributed by atoms with E-state index >= 15 is 0 Å². The highest BCUT2D eigenvalue weighted by Gasteiger charge is 2.31. The first-order valence-corrected chi connectivity index (χ1v) is 8.06. The molecule has 18 heavy (non-hydrogen) atoms. The van der Waals surface area contributed by atoms with Crippen molar-refractivity contribution in [3.05, 3.63) is 24.2 Å². The van der Waals surface area contributed by atoms with Crippen molar-refractivity contribution in [2.75, 3.05) is 7.05 Å². The molecule has 102 valence electrons. The lowest BCUT2D eigenvalue weighted by Gasteiger charge is -2.37. The maximum absolute atomic E-state index is 5.43. The first kappa shape index (κ1) is 14.0. The summed E-state index contributed by atoms with van der Waals surface area (Å²) in [5, 5.41) is 4.22. The fourth-order valence-corrected chi connectivity index (χ4v) is 4.29. The van der Waals surface area contributed by atoms with Gasteiger partial charge in [0.1, 0.15) is 5.76 Å². The zero-order valence-electron chi connectivity index (χ0n) is 11.7. The van der Waals surface area contributed by atoms with Crippen LogP contribution in [-0.4, -0.2) is 18.3 Å². The van der Waals surface area contributed by atoms with Crippen molar-refractivity contribution in [2.24, 2.45) is 11.8 Å². The molecule has 0 saturated heterocycles. The minimum absolute atomic E-state index is 0.667. The van der Waals surface area contributed by atoms with E-state index in [-0.39, 0.29) is 0 Å². The Morgan fingerprint density at radius 1 is 1.44 bits per heavy atom. The van der Waals surface area contributed by atoms with E-state index in [0.29, 0.717) is 6.04 Å². The monoisotopic (exact) mass is 267 g/mol. The summed E-state index contributed by atoms with van der Waals surface area (Å²) >= 11 is 2.05. The number of hydrogen-bond acceptors (Lipinski definition) is 3. The molecule has 3 unspecified atom stereocenters. The van der Waals surface area contributed by atoms with E-state index in [1.807, 2.05) is 6.07 Å². The van der Waals surface area contributed by atoms with E-state index in [1.165, 1.54) is 19.3 Å². The third-order valence-corrected chi connectivity index (χ3v) is 5.57. The van der Waals surface area contributed by atoms with Gasteiger partial charge in [-0.05, 0) is 50.3 Å². The molecule has 0 radical (unpaired) electrons. The highest BCUT2D eigenvalue weighted by molar-refractivity contribution is 7.99. The zero-order chi connectivity index (χ0) is 13.0. The van der Waals surface area contributed by atoms with Gasteiger partial charge in [0.25, 0.3) is 0 Å². The Morgan fingerprint density at radius 2 is 2.28 bits per heavy atom. The molecule has 1 heterocycles. The number of nitrogens with one attached hydrogen (secondary N) is 1. The lowest BCUT2D eigenvalue weighted by atomic mass is 9.79. The quantitative estimate of drug-likeness (QED) is 0.875. The summed E-state index contributed by atoms with van der Waals surface area (Å²) in [6, 6.07) is 4.72. The lowest BCUT2D eigenvalue weighted by Crippen LogP contribution is -2.41. The summed E-state index contributed by atoms with van der Waals surface area (Å²) in [6.45, 7) is 4.72. The average molecular weight is 267 g/mol. The summed E-state index contributed by atoms with van der Waals surface area (Å²) in [5.74, 6) is 3.81. The second kappa shape index (κ2) is 6.67. The van der Waals surface area contributed by atoms with Gasteiger partial charge in [0.15, 0.2) is 0 Å². The molecular formula is C15H25NOS. The maximum atomic E-state index is 5.43. The van der Waals surface area contributed by atoms with Crippen LogP contribution in [0.2, 0.25) is 0 Å². The molecule has 0 aliphatic heterocycles. The minimum atomic E-state index is 0.667. The maximum Gasteiger partial charge on any atom is 0.113 e. The molecule has 3 atom stereocenters. The fraction of sp³-hybridized carbons (Fsp3) is 0.733. The third-order valence-electron chi connectivity index (χ3n) is 4.17. The van der Waals surface area contributed by atoms with Crippen LogP contribution in [0.3, 0.4) is 0 Å². The number of hydrogen-bond donors (Lipinski definition) is 1. The molecule has 0 amide bonds. The van der Waals surface area contributed by atoms with Gasteiger partial charge < -0.3 is 9.73 Å². The van der Waals surface area contributed by atoms with Gasteiger partial charge in [-0.2, -0.15) is 0 Å². The molecule has 0 spiro atoms. The summed E-state index contributed by atoms with van der Waals surface area (Å²) in [5.41, 5.74) is 0. The number of furan rings is 1. The van der Waals surface area contributed by atoms with E-state index in [9.17, 15) is 0 Å². The first-order chi connectivity index (χ1) is 8.70. The minimum Gasteiger partial charge on any atom is -0.468 e. The largest absolute Gasteiger partial charge is 0.468 e. The van der Waals surface area contributed by atoms with E-state index < -0.39 is 0 Å².